The fraction of sp³-hybridized carbons (Fsp3) is 0.118. The molecule has 0 radical (unpaired) electrons. The van der Waals surface area contributed by atoms with Crippen LogP contribution >= 0.6 is 0 Å². The second-order valence-electron chi connectivity index (χ2n) is 4.98. The van der Waals surface area contributed by atoms with Gasteiger partial charge in [-0.1, -0.05) is 12.1 Å². The molecule has 0 spiro atoms. The van der Waals surface area contributed by atoms with E-state index >= 15 is 0 Å². The van der Waals surface area contributed by atoms with Crippen LogP contribution in [0.4, 0.5) is 11.4 Å². The number of nitro benzene ring substituents is 1. The third-order valence-corrected chi connectivity index (χ3v) is 3.28. The number of para-hydroxylation sites is 1. The van der Waals surface area contributed by atoms with Crippen molar-refractivity contribution >= 4 is 29.5 Å². The number of hydrogen-bond acceptors (Lipinski definition) is 7. The van der Waals surface area contributed by atoms with Gasteiger partial charge in [0, 0.05) is 11.6 Å². The molecule has 134 valence electrons. The van der Waals surface area contributed by atoms with Gasteiger partial charge in [0.2, 0.25) is 0 Å². The molecule has 0 atom stereocenters. The zero-order chi connectivity index (χ0) is 19.1. The maximum atomic E-state index is 12.0. The molecule has 0 bridgehead atoms. The van der Waals surface area contributed by atoms with E-state index in [0.717, 1.165) is 6.07 Å². The van der Waals surface area contributed by atoms with Crippen molar-refractivity contribution in [3.63, 3.8) is 0 Å². The van der Waals surface area contributed by atoms with Gasteiger partial charge in [-0.05, 0) is 24.3 Å². The predicted octanol–water partition coefficient (Wildman–Crippen LogP) is 2.21. The molecule has 0 heterocycles. The second kappa shape index (κ2) is 8.38. The highest BCUT2D eigenvalue weighted by atomic mass is 16.6. The Balaban J connectivity index is 2.10. The maximum absolute atomic E-state index is 12.0. The summed E-state index contributed by atoms with van der Waals surface area (Å²) in [6.45, 7) is -0.531. The minimum atomic E-state index is -0.715. The van der Waals surface area contributed by atoms with Gasteiger partial charge in [-0.15, -0.1) is 0 Å². The first-order valence-electron chi connectivity index (χ1n) is 7.30. The van der Waals surface area contributed by atoms with Crippen LogP contribution in [0.5, 0.6) is 5.75 Å². The van der Waals surface area contributed by atoms with E-state index in [4.69, 9.17) is 4.74 Å². The van der Waals surface area contributed by atoms with E-state index in [9.17, 15) is 24.5 Å². The van der Waals surface area contributed by atoms with Gasteiger partial charge in [0.25, 0.3) is 5.91 Å². The van der Waals surface area contributed by atoms with Crippen molar-refractivity contribution in [2.24, 2.45) is 0 Å². The van der Waals surface area contributed by atoms with Crippen LogP contribution in [0.1, 0.15) is 20.7 Å². The molecule has 0 aliphatic carbocycles. The summed E-state index contributed by atoms with van der Waals surface area (Å²) in [6, 6.07) is 9.82. The van der Waals surface area contributed by atoms with Crippen LogP contribution < -0.4 is 10.1 Å². The number of benzene rings is 2. The smallest absolute Gasteiger partial charge is 0.339 e. The molecule has 2 rings (SSSR count). The van der Waals surface area contributed by atoms with Crippen molar-refractivity contribution in [2.75, 3.05) is 19.0 Å². The van der Waals surface area contributed by atoms with Crippen molar-refractivity contribution in [1.29, 1.82) is 0 Å². The number of methoxy groups -OCH3 is 1. The normalized spacial score (nSPS) is 9.88. The average molecular weight is 358 g/mol. The fourth-order valence-corrected chi connectivity index (χ4v) is 2.08. The van der Waals surface area contributed by atoms with E-state index < -0.39 is 29.1 Å². The topological polar surface area (TPSA) is 125 Å². The molecule has 9 nitrogen and oxygen atoms in total. The summed E-state index contributed by atoms with van der Waals surface area (Å²) in [5.74, 6) is -1.41. The first kappa shape index (κ1) is 18.6. The monoisotopic (exact) mass is 358 g/mol. The number of aldehydes is 1. The number of nitrogens with zero attached hydrogens (tertiary/aromatic N) is 1. The first-order chi connectivity index (χ1) is 12.5. The van der Waals surface area contributed by atoms with Gasteiger partial charge < -0.3 is 14.8 Å². The summed E-state index contributed by atoms with van der Waals surface area (Å²) < 4.78 is 9.80. The quantitative estimate of drug-likeness (QED) is 0.348. The molecule has 0 fully saturated rings. The van der Waals surface area contributed by atoms with E-state index in [0.29, 0.717) is 6.29 Å². The highest BCUT2D eigenvalue weighted by molar-refractivity contribution is 6.01. The lowest BCUT2D eigenvalue weighted by molar-refractivity contribution is -0.385. The molecule has 0 unspecified atom stereocenters. The van der Waals surface area contributed by atoms with Gasteiger partial charge in [0.1, 0.15) is 6.29 Å². The third-order valence-electron chi connectivity index (χ3n) is 3.28. The molecule has 1 amide bonds. The molecule has 26 heavy (non-hydrogen) atoms. The van der Waals surface area contributed by atoms with Crippen LogP contribution in [0, 0.1) is 10.1 Å². The third kappa shape index (κ3) is 4.41. The zero-order valence-corrected chi connectivity index (χ0v) is 13.6. The molecule has 0 aliphatic heterocycles. The summed E-state index contributed by atoms with van der Waals surface area (Å²) in [4.78, 5) is 44.7. The molecule has 0 aromatic heterocycles. The molecular weight excluding hydrogens is 344 g/mol. The number of nitro groups is 1. The molecule has 0 saturated heterocycles. The number of anilines is 1. The van der Waals surface area contributed by atoms with E-state index in [1.807, 2.05) is 0 Å². The van der Waals surface area contributed by atoms with Gasteiger partial charge >= 0.3 is 11.7 Å². The molecule has 0 aliphatic rings. The SMILES string of the molecule is COC(=O)c1ccccc1NC(=O)COc1ccc(C=O)cc1[N+](=O)[O-]. The van der Waals surface area contributed by atoms with Crippen molar-refractivity contribution in [3.05, 3.63) is 63.7 Å². The van der Waals surface area contributed by atoms with Crippen LogP contribution in [0.25, 0.3) is 0 Å². The number of carbonyl (C=O) groups is 3. The predicted molar refractivity (Wildman–Crippen MR) is 90.4 cm³/mol. The Morgan fingerprint density at radius 1 is 1.23 bits per heavy atom. The zero-order valence-electron chi connectivity index (χ0n) is 13.6. The number of hydrogen-bond donors (Lipinski definition) is 1. The van der Waals surface area contributed by atoms with Crippen LogP contribution in [0.2, 0.25) is 0 Å². The van der Waals surface area contributed by atoms with Crippen molar-refractivity contribution < 1.29 is 28.8 Å². The van der Waals surface area contributed by atoms with Crippen molar-refractivity contribution in [3.8, 4) is 5.75 Å². The van der Waals surface area contributed by atoms with E-state index in [2.05, 4.69) is 10.1 Å². The lowest BCUT2D eigenvalue weighted by atomic mass is 10.2. The molecule has 2 aromatic carbocycles. The number of esters is 1. The van der Waals surface area contributed by atoms with E-state index in [1.54, 1.807) is 12.1 Å². The highest BCUT2D eigenvalue weighted by Crippen LogP contribution is 2.27. The molecule has 9 heteroatoms. The van der Waals surface area contributed by atoms with Crippen LogP contribution in [0.15, 0.2) is 42.5 Å². The lowest BCUT2D eigenvalue weighted by Crippen LogP contribution is -2.22. The van der Waals surface area contributed by atoms with Gasteiger partial charge in [0.15, 0.2) is 12.4 Å². The Morgan fingerprint density at radius 2 is 1.96 bits per heavy atom. The Hall–Kier alpha value is -3.75. The van der Waals surface area contributed by atoms with Gasteiger partial charge in [0.05, 0.1) is 23.3 Å². The molecular formula is C17H14N2O7. The van der Waals surface area contributed by atoms with Gasteiger partial charge in [-0.3, -0.25) is 19.7 Å². The van der Waals surface area contributed by atoms with Crippen LogP contribution in [-0.2, 0) is 9.53 Å². The first-order valence-corrected chi connectivity index (χ1v) is 7.30. The Bertz CT molecular complexity index is 864. The molecule has 1 N–H and O–H groups in total. The Morgan fingerprint density at radius 3 is 2.62 bits per heavy atom. The summed E-state index contributed by atoms with van der Waals surface area (Å²) in [5, 5.41) is 13.5. The Labute approximate surface area is 147 Å². The van der Waals surface area contributed by atoms with Gasteiger partial charge in [-0.25, -0.2) is 4.79 Å². The molecule has 0 saturated carbocycles. The average Bonchev–Trinajstić information content (AvgIpc) is 2.65. The van der Waals surface area contributed by atoms with E-state index in [-0.39, 0.29) is 22.6 Å². The van der Waals surface area contributed by atoms with Gasteiger partial charge in [-0.2, -0.15) is 0 Å². The summed E-state index contributed by atoms with van der Waals surface area (Å²) in [6.07, 6.45) is 0.466. The van der Waals surface area contributed by atoms with Crippen LogP contribution in [0.3, 0.4) is 0 Å². The van der Waals surface area contributed by atoms with Crippen LogP contribution in [-0.4, -0.2) is 36.8 Å². The largest absolute Gasteiger partial charge is 0.477 e. The Kier molecular flexibility index (Phi) is 5.99. The van der Waals surface area contributed by atoms with E-state index in [1.165, 1.54) is 31.4 Å². The minimum Gasteiger partial charge on any atom is -0.477 e. The number of carbonyl (C=O) groups excluding carboxylic acids is 3. The van der Waals surface area contributed by atoms with Crippen molar-refractivity contribution in [1.82, 2.24) is 0 Å². The number of amides is 1. The minimum absolute atomic E-state index is 0.112. The summed E-state index contributed by atoms with van der Waals surface area (Å²) in [7, 11) is 1.21. The molecule has 2 aromatic rings. The fourth-order valence-electron chi connectivity index (χ4n) is 2.08. The lowest BCUT2D eigenvalue weighted by Gasteiger charge is -2.10. The highest BCUT2D eigenvalue weighted by Gasteiger charge is 2.18. The summed E-state index contributed by atoms with van der Waals surface area (Å²) in [5.41, 5.74) is 0.0567. The standard InChI is InChI=1S/C17H14N2O7/c1-25-17(22)12-4-2-3-5-13(12)18-16(21)10-26-15-7-6-11(9-20)8-14(15)19(23)24/h2-9H,10H2,1H3,(H,18,21). The number of nitrogens with one attached hydrogen (secondary N) is 1. The maximum Gasteiger partial charge on any atom is 0.339 e. The van der Waals surface area contributed by atoms with Crippen molar-refractivity contribution in [2.45, 2.75) is 0 Å². The number of ether oxygens (including phenoxy) is 2. The number of rotatable bonds is 7. The summed E-state index contributed by atoms with van der Waals surface area (Å²) >= 11 is 0. The second-order valence-corrected chi connectivity index (χ2v) is 4.98.